The molecular weight excluding hydrogens is 418 g/mol. The average Bonchev–Trinajstić information content (AvgIpc) is 3.13. The first-order chi connectivity index (χ1) is 16.0. The Kier molecular flexibility index (Phi) is 8.60. The van der Waals surface area contributed by atoms with Crippen LogP contribution in [-0.4, -0.2) is 42.5 Å². The Morgan fingerprint density at radius 2 is 1.64 bits per heavy atom. The fourth-order valence-corrected chi connectivity index (χ4v) is 4.19. The van der Waals surface area contributed by atoms with Gasteiger partial charge in [0.1, 0.15) is 0 Å². The number of nitrogens with one attached hydrogen (secondary N) is 3. The van der Waals surface area contributed by atoms with Gasteiger partial charge >= 0.3 is 0 Å². The lowest BCUT2D eigenvalue weighted by Crippen LogP contribution is -2.24. The second kappa shape index (κ2) is 11.6. The molecular formula is C26H33N3O4. The van der Waals surface area contributed by atoms with Gasteiger partial charge in [-0.15, -0.1) is 0 Å². The van der Waals surface area contributed by atoms with Crippen molar-refractivity contribution in [1.82, 2.24) is 10.6 Å². The molecule has 33 heavy (non-hydrogen) atoms. The van der Waals surface area contributed by atoms with Gasteiger partial charge in [-0.3, -0.25) is 14.4 Å². The van der Waals surface area contributed by atoms with E-state index in [1.165, 1.54) is 0 Å². The Labute approximate surface area is 195 Å². The molecule has 0 saturated carbocycles. The van der Waals surface area contributed by atoms with Crippen molar-refractivity contribution in [1.29, 1.82) is 0 Å². The summed E-state index contributed by atoms with van der Waals surface area (Å²) in [7, 11) is 0. The van der Waals surface area contributed by atoms with Crippen molar-refractivity contribution in [2.24, 2.45) is 0 Å². The third kappa shape index (κ3) is 5.79. The van der Waals surface area contributed by atoms with Crippen LogP contribution in [-0.2, 0) is 9.59 Å². The van der Waals surface area contributed by atoms with Crippen molar-refractivity contribution in [3.63, 3.8) is 0 Å². The number of anilines is 1. The lowest BCUT2D eigenvalue weighted by molar-refractivity contribution is -0.121. The number of aliphatic hydroxyl groups is 1. The zero-order valence-electron chi connectivity index (χ0n) is 19.4. The molecule has 2 aromatic carbocycles. The maximum Gasteiger partial charge on any atom is 0.251 e. The van der Waals surface area contributed by atoms with E-state index in [9.17, 15) is 19.5 Å². The van der Waals surface area contributed by atoms with Gasteiger partial charge in [0, 0.05) is 43.1 Å². The average molecular weight is 452 g/mol. The van der Waals surface area contributed by atoms with Crippen LogP contribution in [0.25, 0.3) is 11.1 Å². The maximum atomic E-state index is 12.7. The van der Waals surface area contributed by atoms with Crippen molar-refractivity contribution in [2.75, 3.05) is 25.0 Å². The Morgan fingerprint density at radius 1 is 0.909 bits per heavy atom. The number of rotatable bonds is 11. The molecule has 7 nitrogen and oxygen atoms in total. The number of benzene rings is 2. The monoisotopic (exact) mass is 451 g/mol. The first-order valence-electron chi connectivity index (χ1n) is 11.7. The highest BCUT2D eigenvalue weighted by molar-refractivity contribution is 6.04. The molecule has 3 rings (SSSR count). The lowest BCUT2D eigenvalue weighted by Gasteiger charge is -2.12. The molecule has 0 aromatic heterocycles. The van der Waals surface area contributed by atoms with Crippen LogP contribution >= 0.6 is 0 Å². The Balaban J connectivity index is 1.73. The van der Waals surface area contributed by atoms with E-state index < -0.39 is 0 Å². The van der Waals surface area contributed by atoms with E-state index in [0.717, 1.165) is 35.1 Å². The summed E-state index contributed by atoms with van der Waals surface area (Å²) >= 11 is 0. The first kappa shape index (κ1) is 24.5. The van der Waals surface area contributed by atoms with Gasteiger partial charge in [0.05, 0.1) is 6.61 Å². The summed E-state index contributed by atoms with van der Waals surface area (Å²) in [5, 5.41) is 18.7. The highest BCUT2D eigenvalue weighted by atomic mass is 16.3. The molecule has 7 heteroatoms. The second-order valence-electron chi connectivity index (χ2n) is 8.31. The third-order valence-corrected chi connectivity index (χ3v) is 5.79. The van der Waals surface area contributed by atoms with Gasteiger partial charge in [-0.05, 0) is 59.7 Å². The van der Waals surface area contributed by atoms with Gasteiger partial charge in [0.15, 0.2) is 0 Å². The number of hydrogen-bond acceptors (Lipinski definition) is 4. The van der Waals surface area contributed by atoms with Gasteiger partial charge in [-0.2, -0.15) is 0 Å². The molecule has 0 bridgehead atoms. The van der Waals surface area contributed by atoms with Gasteiger partial charge < -0.3 is 21.1 Å². The van der Waals surface area contributed by atoms with E-state index in [-0.39, 0.29) is 36.7 Å². The summed E-state index contributed by atoms with van der Waals surface area (Å²) in [5.41, 5.74) is 4.78. The second-order valence-corrected chi connectivity index (χ2v) is 8.31. The quantitative estimate of drug-likeness (QED) is 0.419. The molecule has 0 aliphatic heterocycles. The molecule has 0 radical (unpaired) electrons. The molecule has 4 N–H and O–H groups in total. The minimum atomic E-state index is -0.256. The molecule has 0 saturated heterocycles. The summed E-state index contributed by atoms with van der Waals surface area (Å²) in [6.07, 6.45) is 2.79. The third-order valence-electron chi connectivity index (χ3n) is 5.79. The molecule has 1 aliphatic rings. The fraction of sp³-hybridized carbons (Fsp3) is 0.423. The van der Waals surface area contributed by atoms with Gasteiger partial charge in [-0.1, -0.05) is 32.0 Å². The number of carbonyl (C=O) groups excluding carboxylic acids is 3. The topological polar surface area (TPSA) is 108 Å². The van der Waals surface area contributed by atoms with Crippen molar-refractivity contribution in [2.45, 2.75) is 51.9 Å². The predicted octanol–water partition coefficient (Wildman–Crippen LogP) is 3.57. The molecule has 3 amide bonds. The van der Waals surface area contributed by atoms with E-state index in [1.807, 2.05) is 44.2 Å². The SMILES string of the molecule is CCCNC(=O)CCCC(=O)Nc1ccc2c(c1)C(CO)c1cccc(C(=O)NCCC)c1-2. The van der Waals surface area contributed by atoms with Crippen molar-refractivity contribution < 1.29 is 19.5 Å². The fourth-order valence-electron chi connectivity index (χ4n) is 4.19. The Bertz CT molecular complexity index is 1020. The summed E-state index contributed by atoms with van der Waals surface area (Å²) in [6, 6.07) is 11.2. The molecule has 176 valence electrons. The van der Waals surface area contributed by atoms with Gasteiger partial charge in [0.2, 0.25) is 11.8 Å². The van der Waals surface area contributed by atoms with Crippen molar-refractivity contribution in [3.8, 4) is 11.1 Å². The van der Waals surface area contributed by atoms with Crippen molar-refractivity contribution >= 4 is 23.4 Å². The number of fused-ring (bicyclic) bond motifs is 3. The van der Waals surface area contributed by atoms with Crippen LogP contribution in [0.5, 0.6) is 0 Å². The number of aliphatic hydroxyl groups excluding tert-OH is 1. The van der Waals surface area contributed by atoms with Crippen LogP contribution in [0.4, 0.5) is 5.69 Å². The highest BCUT2D eigenvalue weighted by Gasteiger charge is 2.31. The maximum absolute atomic E-state index is 12.7. The largest absolute Gasteiger partial charge is 0.395 e. The lowest BCUT2D eigenvalue weighted by atomic mass is 9.96. The Morgan fingerprint density at radius 3 is 2.36 bits per heavy atom. The van der Waals surface area contributed by atoms with E-state index in [2.05, 4.69) is 16.0 Å². The summed E-state index contributed by atoms with van der Waals surface area (Å²) < 4.78 is 0. The molecule has 1 atom stereocenters. The molecule has 1 unspecified atom stereocenters. The normalized spacial score (nSPS) is 13.7. The van der Waals surface area contributed by atoms with E-state index >= 15 is 0 Å². The first-order valence-corrected chi connectivity index (χ1v) is 11.7. The predicted molar refractivity (Wildman–Crippen MR) is 129 cm³/mol. The smallest absolute Gasteiger partial charge is 0.251 e. The molecule has 0 spiro atoms. The van der Waals surface area contributed by atoms with Crippen LogP contribution in [0, 0.1) is 0 Å². The summed E-state index contributed by atoms with van der Waals surface area (Å²) in [4.78, 5) is 36.8. The number of carbonyl (C=O) groups is 3. The molecule has 0 heterocycles. The minimum absolute atomic E-state index is 0.0375. The number of amides is 3. The van der Waals surface area contributed by atoms with Crippen LogP contribution in [0.2, 0.25) is 0 Å². The molecule has 0 fully saturated rings. The molecule has 2 aromatic rings. The zero-order chi connectivity index (χ0) is 23.8. The van der Waals surface area contributed by atoms with E-state index in [1.54, 1.807) is 6.07 Å². The highest BCUT2D eigenvalue weighted by Crippen LogP contribution is 2.47. The number of hydrogen-bond donors (Lipinski definition) is 4. The standard InChI is InChI=1S/C26H33N3O4/c1-3-13-27-23(31)9-6-10-24(32)29-17-11-12-19-21(15-17)22(16-30)18-7-5-8-20(25(18)19)26(33)28-14-4-2/h5,7-8,11-12,15,22,30H,3-4,6,9-10,13-14,16H2,1-2H3,(H,27,31)(H,28,33)(H,29,32). The van der Waals surface area contributed by atoms with Crippen LogP contribution in [0.1, 0.15) is 73.4 Å². The Hall–Kier alpha value is -3.19. The van der Waals surface area contributed by atoms with E-state index in [0.29, 0.717) is 37.2 Å². The molecule has 1 aliphatic carbocycles. The zero-order valence-corrected chi connectivity index (χ0v) is 19.4. The van der Waals surface area contributed by atoms with Crippen LogP contribution in [0.15, 0.2) is 36.4 Å². The van der Waals surface area contributed by atoms with Crippen molar-refractivity contribution in [3.05, 3.63) is 53.1 Å². The van der Waals surface area contributed by atoms with Crippen LogP contribution < -0.4 is 16.0 Å². The van der Waals surface area contributed by atoms with E-state index in [4.69, 9.17) is 0 Å². The van der Waals surface area contributed by atoms with Gasteiger partial charge in [0.25, 0.3) is 5.91 Å². The summed E-state index contributed by atoms with van der Waals surface area (Å²) in [5.74, 6) is -0.579. The van der Waals surface area contributed by atoms with Gasteiger partial charge in [-0.25, -0.2) is 0 Å². The minimum Gasteiger partial charge on any atom is -0.395 e. The van der Waals surface area contributed by atoms with Crippen LogP contribution in [0.3, 0.4) is 0 Å². The summed E-state index contributed by atoms with van der Waals surface area (Å²) in [6.45, 7) is 5.15.